The highest BCUT2D eigenvalue weighted by atomic mass is 127. The van der Waals surface area contributed by atoms with Crippen LogP contribution >= 0.6 is 38.5 Å². The molecule has 0 amide bonds. The van der Waals surface area contributed by atoms with Crippen LogP contribution in [0.1, 0.15) is 38.3 Å². The summed E-state index contributed by atoms with van der Waals surface area (Å²) < 4.78 is 2.50. The monoisotopic (exact) mass is 395 g/mol. The molecule has 0 bridgehead atoms. The van der Waals surface area contributed by atoms with Crippen molar-refractivity contribution in [2.45, 2.75) is 32.7 Å². The highest BCUT2D eigenvalue weighted by Gasteiger charge is 2.20. The van der Waals surface area contributed by atoms with Gasteiger partial charge in [-0.2, -0.15) is 0 Å². The van der Waals surface area contributed by atoms with E-state index in [-0.39, 0.29) is 0 Å². The van der Waals surface area contributed by atoms with E-state index >= 15 is 0 Å². The van der Waals surface area contributed by atoms with Gasteiger partial charge in [0.05, 0.1) is 0 Å². The van der Waals surface area contributed by atoms with Gasteiger partial charge in [-0.1, -0.05) is 42.6 Å². The summed E-state index contributed by atoms with van der Waals surface area (Å²) in [5.74, 6) is 0.694. The third-order valence-corrected chi connectivity index (χ3v) is 4.52. The third kappa shape index (κ3) is 3.44. The minimum absolute atomic E-state index is 0.444. The van der Waals surface area contributed by atoms with Crippen LogP contribution in [-0.2, 0) is 0 Å². The molecule has 0 aliphatic rings. The highest BCUT2D eigenvalue weighted by molar-refractivity contribution is 14.1. The lowest BCUT2D eigenvalue weighted by Gasteiger charge is -2.26. The van der Waals surface area contributed by atoms with Gasteiger partial charge in [-0.3, -0.25) is 0 Å². The number of halogens is 2. The summed E-state index contributed by atoms with van der Waals surface area (Å²) in [6.45, 7) is 4.53. The first kappa shape index (κ1) is 14.5. The summed E-state index contributed by atoms with van der Waals surface area (Å²) in [4.78, 5) is 0. The van der Waals surface area contributed by atoms with Crippen LogP contribution in [0.5, 0.6) is 0 Å². The molecule has 1 aromatic rings. The van der Waals surface area contributed by atoms with Gasteiger partial charge in [0.1, 0.15) is 0 Å². The van der Waals surface area contributed by atoms with Crippen molar-refractivity contribution < 1.29 is 0 Å². The van der Waals surface area contributed by atoms with Crippen molar-refractivity contribution in [1.29, 1.82) is 0 Å². The number of benzene rings is 1. The molecule has 16 heavy (non-hydrogen) atoms. The van der Waals surface area contributed by atoms with Crippen LogP contribution in [0.3, 0.4) is 0 Å². The highest BCUT2D eigenvalue weighted by Crippen LogP contribution is 2.32. The van der Waals surface area contributed by atoms with Crippen LogP contribution in [0.25, 0.3) is 0 Å². The summed E-state index contributed by atoms with van der Waals surface area (Å²) in [5.41, 5.74) is 1.38. The fourth-order valence-electron chi connectivity index (χ4n) is 2.16. The Kier molecular flexibility index (Phi) is 6.29. The molecule has 0 heterocycles. The summed E-state index contributed by atoms with van der Waals surface area (Å²) in [5, 5.41) is 3.46. The van der Waals surface area contributed by atoms with Gasteiger partial charge in [-0.25, -0.2) is 0 Å². The fraction of sp³-hybridized carbons (Fsp3) is 0.538. The van der Waals surface area contributed by atoms with E-state index in [9.17, 15) is 0 Å². The summed E-state index contributed by atoms with van der Waals surface area (Å²) in [6, 6.07) is 6.99. The van der Waals surface area contributed by atoms with Crippen molar-refractivity contribution in [2.24, 2.45) is 5.92 Å². The average Bonchev–Trinajstić information content (AvgIpc) is 2.29. The van der Waals surface area contributed by atoms with Gasteiger partial charge in [0.25, 0.3) is 0 Å². The van der Waals surface area contributed by atoms with Crippen molar-refractivity contribution in [3.63, 3.8) is 0 Å². The van der Waals surface area contributed by atoms with E-state index in [1.807, 2.05) is 0 Å². The molecule has 90 valence electrons. The van der Waals surface area contributed by atoms with Crippen LogP contribution in [0.15, 0.2) is 22.7 Å². The third-order valence-electron chi connectivity index (χ3n) is 3.12. The average molecular weight is 396 g/mol. The van der Waals surface area contributed by atoms with Crippen molar-refractivity contribution in [1.82, 2.24) is 5.32 Å². The van der Waals surface area contributed by atoms with Gasteiger partial charge in [0.15, 0.2) is 0 Å². The second kappa shape index (κ2) is 6.97. The first-order chi connectivity index (χ1) is 7.63. The molecule has 0 spiro atoms. The molecule has 0 aliphatic heterocycles. The van der Waals surface area contributed by atoms with Crippen molar-refractivity contribution in [3.8, 4) is 0 Å². The molecule has 0 radical (unpaired) electrons. The lowest BCUT2D eigenvalue weighted by molar-refractivity contribution is 0.358. The van der Waals surface area contributed by atoms with Crippen LogP contribution < -0.4 is 5.32 Å². The minimum atomic E-state index is 0.444. The maximum absolute atomic E-state index is 3.66. The number of hydrogen-bond acceptors (Lipinski definition) is 1. The largest absolute Gasteiger partial charge is 0.313 e. The van der Waals surface area contributed by atoms with Gasteiger partial charge < -0.3 is 5.32 Å². The normalized spacial score (nSPS) is 13.1. The predicted octanol–water partition coefficient (Wildman–Crippen LogP) is 4.75. The Hall–Kier alpha value is 0.390. The molecular formula is C13H19BrIN. The molecule has 0 saturated heterocycles. The lowest BCUT2D eigenvalue weighted by Crippen LogP contribution is -2.25. The Morgan fingerprint density at radius 1 is 1.31 bits per heavy atom. The lowest BCUT2D eigenvalue weighted by atomic mass is 9.89. The SMILES string of the molecule is CCC(CC)C(NC)c1cc(I)ccc1Br. The Labute approximate surface area is 121 Å². The zero-order chi connectivity index (χ0) is 12.1. The number of nitrogens with one attached hydrogen (secondary N) is 1. The van der Waals surface area contributed by atoms with Crippen molar-refractivity contribution >= 4 is 38.5 Å². The predicted molar refractivity (Wildman–Crippen MR) is 82.7 cm³/mol. The van der Waals surface area contributed by atoms with Crippen LogP contribution in [0.2, 0.25) is 0 Å². The first-order valence-electron chi connectivity index (χ1n) is 5.76. The van der Waals surface area contributed by atoms with Crippen molar-refractivity contribution in [2.75, 3.05) is 7.05 Å². The van der Waals surface area contributed by atoms with Crippen LogP contribution in [-0.4, -0.2) is 7.05 Å². The molecule has 1 atom stereocenters. The van der Waals surface area contributed by atoms with Gasteiger partial charge in [0.2, 0.25) is 0 Å². The van der Waals surface area contributed by atoms with Crippen molar-refractivity contribution in [3.05, 3.63) is 31.8 Å². The van der Waals surface area contributed by atoms with Gasteiger partial charge >= 0.3 is 0 Å². The molecule has 0 saturated carbocycles. The van der Waals surface area contributed by atoms with Crippen LogP contribution in [0.4, 0.5) is 0 Å². The Morgan fingerprint density at radius 2 is 1.94 bits per heavy atom. The molecular weight excluding hydrogens is 377 g/mol. The standard InChI is InChI=1S/C13H19BrIN/c1-4-9(5-2)13(16-3)11-8-10(15)6-7-12(11)14/h6-9,13,16H,4-5H2,1-3H3. The molecule has 0 fully saturated rings. The topological polar surface area (TPSA) is 12.0 Å². The Bertz CT molecular complexity index is 337. The molecule has 1 rings (SSSR count). The fourth-order valence-corrected chi connectivity index (χ4v) is 3.17. The summed E-state index contributed by atoms with van der Waals surface area (Å²) in [7, 11) is 2.05. The first-order valence-corrected chi connectivity index (χ1v) is 7.63. The van der Waals surface area contributed by atoms with Gasteiger partial charge in [0, 0.05) is 14.1 Å². The van der Waals surface area contributed by atoms with Crippen LogP contribution in [0, 0.1) is 9.49 Å². The molecule has 3 heteroatoms. The maximum Gasteiger partial charge on any atom is 0.0357 e. The Morgan fingerprint density at radius 3 is 2.44 bits per heavy atom. The Balaban J connectivity index is 3.06. The van der Waals surface area contributed by atoms with Gasteiger partial charge in [-0.05, 0) is 59.3 Å². The molecule has 0 aromatic heterocycles. The second-order valence-electron chi connectivity index (χ2n) is 4.01. The maximum atomic E-state index is 3.66. The molecule has 0 aliphatic carbocycles. The smallest absolute Gasteiger partial charge is 0.0357 e. The van der Waals surface area contributed by atoms with E-state index in [1.165, 1.54) is 26.4 Å². The van der Waals surface area contributed by atoms with E-state index in [1.54, 1.807) is 0 Å². The minimum Gasteiger partial charge on any atom is -0.313 e. The molecule has 1 unspecified atom stereocenters. The number of rotatable bonds is 5. The zero-order valence-corrected chi connectivity index (χ0v) is 13.8. The zero-order valence-electron chi connectivity index (χ0n) is 10.1. The van der Waals surface area contributed by atoms with E-state index in [2.05, 4.69) is 82.9 Å². The second-order valence-corrected chi connectivity index (χ2v) is 6.11. The van der Waals surface area contributed by atoms with E-state index in [4.69, 9.17) is 0 Å². The quantitative estimate of drug-likeness (QED) is 0.709. The molecule has 1 N–H and O–H groups in total. The molecule has 1 aromatic carbocycles. The van der Waals surface area contributed by atoms with E-state index in [0.29, 0.717) is 12.0 Å². The summed E-state index contributed by atoms with van der Waals surface area (Å²) in [6.07, 6.45) is 2.42. The van der Waals surface area contributed by atoms with Gasteiger partial charge in [-0.15, -0.1) is 0 Å². The van der Waals surface area contributed by atoms with E-state index in [0.717, 1.165) is 0 Å². The van der Waals surface area contributed by atoms with E-state index < -0.39 is 0 Å². The number of hydrogen-bond donors (Lipinski definition) is 1. The molecule has 1 nitrogen and oxygen atoms in total. The summed E-state index contributed by atoms with van der Waals surface area (Å²) >= 11 is 6.03.